The van der Waals surface area contributed by atoms with E-state index in [2.05, 4.69) is 20.9 Å². The predicted octanol–water partition coefficient (Wildman–Crippen LogP) is 3.97. The van der Waals surface area contributed by atoms with Gasteiger partial charge in [0.2, 0.25) is 0 Å². The van der Waals surface area contributed by atoms with E-state index in [0.29, 0.717) is 11.3 Å². The molecule has 0 spiro atoms. The first-order chi connectivity index (χ1) is 10.0. The average molecular weight is 343 g/mol. The fourth-order valence-corrected chi connectivity index (χ4v) is 2.76. The zero-order chi connectivity index (χ0) is 15.0. The van der Waals surface area contributed by atoms with E-state index in [1.165, 1.54) is 0 Å². The third-order valence-corrected chi connectivity index (χ3v) is 4.00. The van der Waals surface area contributed by atoms with Gasteiger partial charge in [0.15, 0.2) is 0 Å². The molecule has 3 N–H and O–H groups in total. The Bertz CT molecular complexity index is 817. The molecule has 3 aromatic rings. The van der Waals surface area contributed by atoms with E-state index in [4.69, 9.17) is 5.73 Å². The van der Waals surface area contributed by atoms with Crippen LogP contribution in [-0.4, -0.2) is 10.1 Å². The molecule has 4 heteroatoms. The maximum absolute atomic E-state index is 10.6. The summed E-state index contributed by atoms with van der Waals surface area (Å²) in [5.41, 5.74) is 9.95. The van der Waals surface area contributed by atoms with Crippen molar-refractivity contribution >= 4 is 32.5 Å². The Hall–Kier alpha value is -1.91. The lowest BCUT2D eigenvalue weighted by molar-refractivity contribution is 0.221. The Balaban J connectivity index is 2.07. The molecule has 1 atom stereocenters. The SMILES string of the molecule is Cc1ccc2cc(C(O)c3cc(Br)ccc3N)ccc2n1. The van der Waals surface area contributed by atoms with Crippen LogP contribution in [0, 0.1) is 6.92 Å². The topological polar surface area (TPSA) is 59.1 Å². The number of benzene rings is 2. The van der Waals surface area contributed by atoms with Crippen molar-refractivity contribution in [3.05, 3.63) is 69.8 Å². The molecule has 0 saturated heterocycles. The van der Waals surface area contributed by atoms with Gasteiger partial charge in [-0.3, -0.25) is 4.98 Å². The molecule has 2 aromatic carbocycles. The number of hydrogen-bond acceptors (Lipinski definition) is 3. The summed E-state index contributed by atoms with van der Waals surface area (Å²) in [6.45, 7) is 1.96. The molecule has 0 saturated carbocycles. The molecule has 1 aromatic heterocycles. The van der Waals surface area contributed by atoms with Crippen molar-refractivity contribution in [3.63, 3.8) is 0 Å². The molecule has 21 heavy (non-hydrogen) atoms. The number of halogens is 1. The van der Waals surface area contributed by atoms with Crippen molar-refractivity contribution in [2.45, 2.75) is 13.0 Å². The lowest BCUT2D eigenvalue weighted by atomic mass is 9.98. The molecule has 0 aliphatic carbocycles. The summed E-state index contributed by atoms with van der Waals surface area (Å²) >= 11 is 3.41. The van der Waals surface area contributed by atoms with Gasteiger partial charge in [-0.1, -0.05) is 28.1 Å². The van der Waals surface area contributed by atoms with E-state index in [0.717, 1.165) is 26.6 Å². The third-order valence-electron chi connectivity index (χ3n) is 3.51. The number of rotatable bonds is 2. The number of nitrogen functional groups attached to an aromatic ring is 1. The number of hydrogen-bond donors (Lipinski definition) is 2. The van der Waals surface area contributed by atoms with Crippen LogP contribution in [0.25, 0.3) is 10.9 Å². The summed E-state index contributed by atoms with van der Waals surface area (Å²) in [7, 11) is 0. The molecular formula is C17H15BrN2O. The zero-order valence-electron chi connectivity index (χ0n) is 11.5. The van der Waals surface area contributed by atoms with Crippen LogP contribution in [0.2, 0.25) is 0 Å². The number of nitrogens with two attached hydrogens (primary N) is 1. The fraction of sp³-hybridized carbons (Fsp3) is 0.118. The monoisotopic (exact) mass is 342 g/mol. The van der Waals surface area contributed by atoms with Crippen LogP contribution in [0.5, 0.6) is 0 Å². The Labute approximate surface area is 131 Å². The van der Waals surface area contributed by atoms with Gasteiger partial charge in [0, 0.05) is 26.8 Å². The quantitative estimate of drug-likeness (QED) is 0.692. The molecule has 3 rings (SSSR count). The van der Waals surface area contributed by atoms with Gasteiger partial charge >= 0.3 is 0 Å². The molecule has 3 nitrogen and oxygen atoms in total. The number of pyridine rings is 1. The van der Waals surface area contributed by atoms with Crippen LogP contribution in [0.1, 0.15) is 22.9 Å². The van der Waals surface area contributed by atoms with E-state index in [9.17, 15) is 5.11 Å². The standard InChI is InChI=1S/C17H15BrN2O/c1-10-2-3-11-8-12(4-7-16(11)20-10)17(21)14-9-13(18)5-6-15(14)19/h2-9,17,21H,19H2,1H3. The minimum atomic E-state index is -0.756. The maximum Gasteiger partial charge on any atom is 0.106 e. The van der Waals surface area contributed by atoms with Crippen LogP contribution in [0.4, 0.5) is 5.69 Å². The molecule has 1 unspecified atom stereocenters. The minimum Gasteiger partial charge on any atom is -0.398 e. The summed E-state index contributed by atoms with van der Waals surface area (Å²) < 4.78 is 0.892. The van der Waals surface area contributed by atoms with Crippen LogP contribution in [0.15, 0.2) is 53.0 Å². The van der Waals surface area contributed by atoms with Crippen LogP contribution < -0.4 is 5.73 Å². The van der Waals surface area contributed by atoms with Gasteiger partial charge in [-0.25, -0.2) is 0 Å². The Morgan fingerprint density at radius 2 is 1.90 bits per heavy atom. The van der Waals surface area contributed by atoms with E-state index in [-0.39, 0.29) is 0 Å². The highest BCUT2D eigenvalue weighted by molar-refractivity contribution is 9.10. The molecule has 0 bridgehead atoms. The summed E-state index contributed by atoms with van der Waals surface area (Å²) in [6, 6.07) is 15.2. The number of anilines is 1. The summed E-state index contributed by atoms with van der Waals surface area (Å²) in [4.78, 5) is 4.47. The van der Waals surface area contributed by atoms with Gasteiger partial charge in [0.25, 0.3) is 0 Å². The molecule has 0 amide bonds. The molecule has 1 heterocycles. The number of aromatic nitrogens is 1. The van der Waals surface area contributed by atoms with Crippen molar-refractivity contribution in [1.82, 2.24) is 4.98 Å². The first-order valence-corrected chi connectivity index (χ1v) is 7.44. The van der Waals surface area contributed by atoms with E-state index >= 15 is 0 Å². The maximum atomic E-state index is 10.6. The highest BCUT2D eigenvalue weighted by Crippen LogP contribution is 2.30. The van der Waals surface area contributed by atoms with Gasteiger partial charge < -0.3 is 10.8 Å². The Morgan fingerprint density at radius 1 is 1.10 bits per heavy atom. The summed E-state index contributed by atoms with van der Waals surface area (Å²) in [6.07, 6.45) is -0.756. The number of aliphatic hydroxyl groups is 1. The molecule has 0 fully saturated rings. The third kappa shape index (κ3) is 2.77. The number of aliphatic hydroxyl groups excluding tert-OH is 1. The first kappa shape index (κ1) is 14.0. The van der Waals surface area contributed by atoms with Gasteiger partial charge in [-0.05, 0) is 48.9 Å². The summed E-state index contributed by atoms with van der Waals surface area (Å²) in [5, 5.41) is 11.6. The van der Waals surface area contributed by atoms with E-state index < -0.39 is 6.10 Å². The zero-order valence-corrected chi connectivity index (χ0v) is 13.1. The van der Waals surface area contributed by atoms with Crippen LogP contribution in [-0.2, 0) is 0 Å². The number of nitrogens with zero attached hydrogens (tertiary/aromatic N) is 1. The highest BCUT2D eigenvalue weighted by atomic mass is 79.9. The van der Waals surface area contributed by atoms with Gasteiger partial charge in [-0.15, -0.1) is 0 Å². The predicted molar refractivity (Wildman–Crippen MR) is 89.1 cm³/mol. The molecular weight excluding hydrogens is 328 g/mol. The lowest BCUT2D eigenvalue weighted by Crippen LogP contribution is -2.04. The smallest absolute Gasteiger partial charge is 0.106 e. The molecule has 0 radical (unpaired) electrons. The first-order valence-electron chi connectivity index (χ1n) is 6.65. The van der Waals surface area contributed by atoms with Crippen molar-refractivity contribution in [3.8, 4) is 0 Å². The lowest BCUT2D eigenvalue weighted by Gasteiger charge is -2.15. The van der Waals surface area contributed by atoms with Crippen molar-refractivity contribution in [2.75, 3.05) is 5.73 Å². The summed E-state index contributed by atoms with van der Waals surface area (Å²) in [5.74, 6) is 0. The van der Waals surface area contributed by atoms with Gasteiger partial charge in [0.05, 0.1) is 5.52 Å². The highest BCUT2D eigenvalue weighted by Gasteiger charge is 2.14. The molecule has 106 valence electrons. The van der Waals surface area contributed by atoms with Crippen molar-refractivity contribution in [1.29, 1.82) is 0 Å². The van der Waals surface area contributed by atoms with Gasteiger partial charge in [0.1, 0.15) is 6.10 Å². The molecule has 0 aliphatic heterocycles. The Kier molecular flexibility index (Phi) is 3.66. The van der Waals surface area contributed by atoms with Crippen molar-refractivity contribution < 1.29 is 5.11 Å². The van der Waals surface area contributed by atoms with Crippen LogP contribution in [0.3, 0.4) is 0 Å². The second kappa shape index (κ2) is 5.47. The van der Waals surface area contributed by atoms with Gasteiger partial charge in [-0.2, -0.15) is 0 Å². The number of fused-ring (bicyclic) bond motifs is 1. The van der Waals surface area contributed by atoms with E-state index in [1.54, 1.807) is 6.07 Å². The second-order valence-electron chi connectivity index (χ2n) is 5.08. The molecule has 0 aliphatic rings. The minimum absolute atomic E-state index is 0.577. The fourth-order valence-electron chi connectivity index (χ4n) is 2.38. The van der Waals surface area contributed by atoms with E-state index in [1.807, 2.05) is 49.4 Å². The second-order valence-corrected chi connectivity index (χ2v) is 6.00. The Morgan fingerprint density at radius 3 is 2.71 bits per heavy atom. The van der Waals surface area contributed by atoms with Crippen molar-refractivity contribution in [2.24, 2.45) is 0 Å². The average Bonchev–Trinajstić information content (AvgIpc) is 2.48. The van der Waals surface area contributed by atoms with Crippen LogP contribution >= 0.6 is 15.9 Å². The largest absolute Gasteiger partial charge is 0.398 e. The normalized spacial score (nSPS) is 12.5. The number of aryl methyl sites for hydroxylation is 1.